The highest BCUT2D eigenvalue weighted by Gasteiger charge is 2.30. The van der Waals surface area contributed by atoms with Gasteiger partial charge in [0.2, 0.25) is 5.84 Å². The number of aliphatic hydroxyl groups excluding tert-OH is 1. The van der Waals surface area contributed by atoms with Gasteiger partial charge in [-0.2, -0.15) is 0 Å². The Bertz CT molecular complexity index is 916. The van der Waals surface area contributed by atoms with Crippen LogP contribution in [0.3, 0.4) is 0 Å². The standard InChI is InChI=1S/C20H22N3O/c1-15-21-11-12-23(15,2)14-16(24)13-22-19-9-5-3-7-17(19)18-8-4-6-10-20(18)22/h3-12,16,24H,13-14H2,1-2H3/q+1. The van der Waals surface area contributed by atoms with Gasteiger partial charge in [-0.05, 0) is 12.1 Å². The van der Waals surface area contributed by atoms with Crippen LogP contribution in [0.4, 0.5) is 0 Å². The molecule has 4 nitrogen and oxygen atoms in total. The van der Waals surface area contributed by atoms with E-state index in [1.54, 1.807) is 0 Å². The molecule has 4 heteroatoms. The van der Waals surface area contributed by atoms with Gasteiger partial charge in [-0.3, -0.25) is 4.48 Å². The first-order valence-electron chi connectivity index (χ1n) is 8.30. The van der Waals surface area contributed by atoms with Gasteiger partial charge in [0.1, 0.15) is 18.8 Å². The minimum absolute atomic E-state index is 0.456. The molecule has 0 fully saturated rings. The highest BCUT2D eigenvalue weighted by atomic mass is 16.3. The van der Waals surface area contributed by atoms with Crippen LogP contribution in [-0.2, 0) is 6.54 Å². The normalized spacial score (nSPS) is 21.5. The number of quaternary nitrogens is 1. The van der Waals surface area contributed by atoms with Gasteiger partial charge in [0.05, 0.1) is 19.8 Å². The number of aliphatic imine (C=N–C) groups is 1. The number of likely N-dealkylation sites (N-methyl/N-ethyl adjacent to an activating group) is 1. The minimum atomic E-state index is -0.456. The van der Waals surface area contributed by atoms with E-state index in [0.29, 0.717) is 17.6 Å². The van der Waals surface area contributed by atoms with Gasteiger partial charge in [0.15, 0.2) is 0 Å². The number of rotatable bonds is 4. The molecule has 4 rings (SSSR count). The van der Waals surface area contributed by atoms with E-state index in [1.165, 1.54) is 21.8 Å². The summed E-state index contributed by atoms with van der Waals surface area (Å²) >= 11 is 0. The second-order valence-electron chi connectivity index (χ2n) is 6.72. The average Bonchev–Trinajstić information content (AvgIpc) is 3.07. The predicted octanol–water partition coefficient (Wildman–Crippen LogP) is 3.51. The first kappa shape index (κ1) is 15.1. The number of aromatic nitrogens is 1. The summed E-state index contributed by atoms with van der Waals surface area (Å²) in [6.07, 6.45) is 3.40. The van der Waals surface area contributed by atoms with Crippen LogP contribution < -0.4 is 0 Å². The van der Waals surface area contributed by atoms with Crippen LogP contribution in [0.25, 0.3) is 21.8 Å². The summed E-state index contributed by atoms with van der Waals surface area (Å²) in [6.45, 7) is 3.20. The molecule has 2 aromatic carbocycles. The van der Waals surface area contributed by atoms with Crippen LogP contribution in [0, 0.1) is 0 Å². The maximum Gasteiger partial charge on any atom is 0.204 e. The van der Waals surface area contributed by atoms with Crippen molar-refractivity contribution in [2.45, 2.75) is 19.6 Å². The first-order chi connectivity index (χ1) is 11.6. The number of benzene rings is 2. The van der Waals surface area contributed by atoms with Crippen molar-refractivity contribution < 1.29 is 9.59 Å². The summed E-state index contributed by atoms with van der Waals surface area (Å²) < 4.78 is 2.80. The fraction of sp³-hybridized carbons (Fsp3) is 0.250. The Hall–Kier alpha value is -2.43. The van der Waals surface area contributed by atoms with E-state index in [1.807, 2.05) is 19.3 Å². The number of para-hydroxylation sites is 2. The first-order valence-corrected chi connectivity index (χ1v) is 8.30. The van der Waals surface area contributed by atoms with E-state index < -0.39 is 6.10 Å². The van der Waals surface area contributed by atoms with E-state index in [0.717, 1.165) is 5.84 Å². The molecular weight excluding hydrogens is 298 g/mol. The molecular formula is C20H22N3O+. The second-order valence-corrected chi connectivity index (χ2v) is 6.72. The van der Waals surface area contributed by atoms with E-state index >= 15 is 0 Å². The molecule has 0 saturated heterocycles. The molecule has 0 saturated carbocycles. The summed E-state index contributed by atoms with van der Waals surface area (Å²) in [5.74, 6) is 1.01. The molecule has 2 heterocycles. The average molecular weight is 320 g/mol. The highest BCUT2D eigenvalue weighted by Crippen LogP contribution is 2.29. The minimum Gasteiger partial charge on any atom is -0.385 e. The Morgan fingerprint density at radius 3 is 2.17 bits per heavy atom. The quantitative estimate of drug-likeness (QED) is 0.734. The van der Waals surface area contributed by atoms with Crippen molar-refractivity contribution in [3.63, 3.8) is 0 Å². The maximum absolute atomic E-state index is 10.8. The third-order valence-electron chi connectivity index (χ3n) is 5.06. The number of fused-ring (bicyclic) bond motifs is 3. The van der Waals surface area contributed by atoms with E-state index in [2.05, 4.69) is 65.1 Å². The van der Waals surface area contributed by atoms with Gasteiger partial charge in [0, 0.05) is 28.7 Å². The second kappa shape index (κ2) is 5.58. The van der Waals surface area contributed by atoms with Crippen molar-refractivity contribution in [3.8, 4) is 0 Å². The third kappa shape index (κ3) is 2.35. The molecule has 1 N–H and O–H groups in total. The lowest BCUT2D eigenvalue weighted by Crippen LogP contribution is -2.47. The molecule has 3 aromatic rings. The zero-order chi connectivity index (χ0) is 16.7. The van der Waals surface area contributed by atoms with Crippen molar-refractivity contribution in [2.75, 3.05) is 13.6 Å². The number of aliphatic hydroxyl groups is 1. The summed E-state index contributed by atoms with van der Waals surface area (Å²) in [5, 5.41) is 13.2. The largest absolute Gasteiger partial charge is 0.385 e. The molecule has 1 aliphatic heterocycles. The van der Waals surface area contributed by atoms with Gasteiger partial charge in [-0.1, -0.05) is 36.4 Å². The van der Waals surface area contributed by atoms with Gasteiger partial charge in [-0.25, -0.2) is 4.99 Å². The topological polar surface area (TPSA) is 37.5 Å². The van der Waals surface area contributed by atoms with Crippen molar-refractivity contribution in [1.29, 1.82) is 0 Å². The highest BCUT2D eigenvalue weighted by molar-refractivity contribution is 6.07. The summed E-state index contributed by atoms with van der Waals surface area (Å²) in [7, 11) is 2.08. The lowest BCUT2D eigenvalue weighted by atomic mass is 10.2. The Kier molecular flexibility index (Phi) is 3.52. The van der Waals surface area contributed by atoms with Crippen molar-refractivity contribution in [1.82, 2.24) is 4.57 Å². The molecule has 2 atom stereocenters. The van der Waals surface area contributed by atoms with E-state index in [-0.39, 0.29) is 0 Å². The molecule has 1 aromatic heterocycles. The van der Waals surface area contributed by atoms with Crippen LogP contribution in [0.15, 0.2) is 65.9 Å². The van der Waals surface area contributed by atoms with Crippen molar-refractivity contribution in [2.24, 2.45) is 4.99 Å². The number of amidine groups is 1. The summed E-state index contributed by atoms with van der Waals surface area (Å²) in [6, 6.07) is 16.8. The lowest BCUT2D eigenvalue weighted by molar-refractivity contribution is -0.768. The molecule has 2 unspecified atom stereocenters. The fourth-order valence-corrected chi connectivity index (χ4v) is 3.63. The van der Waals surface area contributed by atoms with E-state index in [4.69, 9.17) is 0 Å². The van der Waals surface area contributed by atoms with Crippen LogP contribution in [0.2, 0.25) is 0 Å². The van der Waals surface area contributed by atoms with Gasteiger partial charge in [0.25, 0.3) is 0 Å². The van der Waals surface area contributed by atoms with Gasteiger partial charge < -0.3 is 9.67 Å². The molecule has 0 bridgehead atoms. The Morgan fingerprint density at radius 2 is 1.62 bits per heavy atom. The smallest absolute Gasteiger partial charge is 0.204 e. The Balaban J connectivity index is 1.71. The Labute approximate surface area is 141 Å². The molecule has 122 valence electrons. The van der Waals surface area contributed by atoms with Crippen molar-refractivity contribution in [3.05, 3.63) is 60.9 Å². The molecule has 0 amide bonds. The van der Waals surface area contributed by atoms with Crippen LogP contribution >= 0.6 is 0 Å². The summed E-state index contributed by atoms with van der Waals surface area (Å²) in [5.41, 5.74) is 2.34. The van der Waals surface area contributed by atoms with Gasteiger partial charge in [-0.15, -0.1) is 0 Å². The molecule has 24 heavy (non-hydrogen) atoms. The molecule has 0 spiro atoms. The molecule has 0 radical (unpaired) electrons. The molecule has 1 aliphatic rings. The predicted molar refractivity (Wildman–Crippen MR) is 98.8 cm³/mol. The number of hydrogen-bond acceptors (Lipinski definition) is 2. The fourth-order valence-electron chi connectivity index (χ4n) is 3.63. The lowest BCUT2D eigenvalue weighted by Gasteiger charge is -2.28. The number of hydrogen-bond donors (Lipinski definition) is 1. The molecule has 0 aliphatic carbocycles. The Morgan fingerprint density at radius 1 is 1.04 bits per heavy atom. The van der Waals surface area contributed by atoms with E-state index in [9.17, 15) is 5.11 Å². The van der Waals surface area contributed by atoms with Crippen LogP contribution in [0.1, 0.15) is 6.92 Å². The number of nitrogens with zero attached hydrogens (tertiary/aromatic N) is 3. The van der Waals surface area contributed by atoms with Crippen molar-refractivity contribution >= 4 is 27.6 Å². The SMILES string of the molecule is CC1=NC=C[N+]1(C)CC(O)Cn1c2ccccc2c2ccccc21. The van der Waals surface area contributed by atoms with Crippen LogP contribution in [0.5, 0.6) is 0 Å². The summed E-state index contributed by atoms with van der Waals surface area (Å²) in [4.78, 5) is 4.33. The zero-order valence-electron chi connectivity index (χ0n) is 14.1. The van der Waals surface area contributed by atoms with Crippen LogP contribution in [-0.4, -0.2) is 39.7 Å². The zero-order valence-corrected chi connectivity index (χ0v) is 14.1. The van der Waals surface area contributed by atoms with Gasteiger partial charge >= 0.3 is 0 Å². The third-order valence-corrected chi connectivity index (χ3v) is 5.06. The maximum atomic E-state index is 10.8. The monoisotopic (exact) mass is 320 g/mol.